The summed E-state index contributed by atoms with van der Waals surface area (Å²) in [6.45, 7) is 5.06. The third kappa shape index (κ3) is 6.59. The summed E-state index contributed by atoms with van der Waals surface area (Å²) in [5, 5.41) is 8.51. The van der Waals surface area contributed by atoms with E-state index in [9.17, 15) is 13.3 Å². The summed E-state index contributed by atoms with van der Waals surface area (Å²) < 4.78 is 47.6. The first-order chi connectivity index (χ1) is 19.6. The maximum atomic E-state index is 14.9. The normalized spacial score (nSPS) is 17.6. The van der Waals surface area contributed by atoms with E-state index < -0.39 is 13.3 Å². The first kappa shape index (κ1) is 29.1. The van der Waals surface area contributed by atoms with Gasteiger partial charge in [0.05, 0.1) is 40.6 Å². The highest BCUT2D eigenvalue weighted by molar-refractivity contribution is 7.70. The molecule has 1 aliphatic heterocycles. The molecule has 1 saturated heterocycles. The molecule has 0 unspecified atom stereocenters. The van der Waals surface area contributed by atoms with E-state index in [0.29, 0.717) is 18.8 Å². The van der Waals surface area contributed by atoms with Crippen LogP contribution >= 0.6 is 18.5 Å². The number of piperidine rings is 1. The van der Waals surface area contributed by atoms with E-state index in [2.05, 4.69) is 22.5 Å². The van der Waals surface area contributed by atoms with E-state index in [4.69, 9.17) is 4.74 Å². The molecule has 2 heterocycles. The van der Waals surface area contributed by atoms with Gasteiger partial charge in [-0.25, -0.2) is 8.78 Å². The molecule has 0 aliphatic carbocycles. The molecule has 0 saturated carbocycles. The molecule has 1 aliphatic rings. The molecule has 4 aromatic rings. The average molecular weight is 594 g/mol. The van der Waals surface area contributed by atoms with Crippen molar-refractivity contribution in [3.8, 4) is 28.7 Å². The van der Waals surface area contributed by atoms with Gasteiger partial charge >= 0.3 is 0 Å². The lowest BCUT2D eigenvalue weighted by Crippen LogP contribution is -2.46. The van der Waals surface area contributed by atoms with Crippen LogP contribution in [0.4, 0.5) is 20.2 Å². The van der Waals surface area contributed by atoms with Crippen molar-refractivity contribution in [2.75, 3.05) is 57.8 Å². The maximum Gasteiger partial charge on any atom is 0.142 e. The number of fused-ring (bicyclic) bond motifs is 1. The van der Waals surface area contributed by atoms with E-state index in [0.717, 1.165) is 55.7 Å². The molecular weight excluding hydrogens is 559 g/mol. The largest absolute Gasteiger partial charge is 0.495 e. The minimum atomic E-state index is -2.41. The quantitative estimate of drug-likeness (QED) is 0.181. The molecule has 1 fully saturated rings. The lowest BCUT2D eigenvalue weighted by atomic mass is 10.0. The van der Waals surface area contributed by atoms with Crippen LogP contribution in [-0.4, -0.2) is 64.2 Å². The van der Waals surface area contributed by atoms with Crippen LogP contribution in [0.3, 0.4) is 0 Å². The summed E-state index contributed by atoms with van der Waals surface area (Å²) in [4.78, 5) is 2.86. The van der Waals surface area contributed by atoms with Gasteiger partial charge in [-0.3, -0.25) is 0 Å². The number of hydrogen-bond donors (Lipinski definition) is 2. The van der Waals surface area contributed by atoms with Gasteiger partial charge in [0.2, 0.25) is 0 Å². The molecule has 1 aromatic heterocycles. The van der Waals surface area contributed by atoms with Gasteiger partial charge in [-0.2, -0.15) is 0 Å². The number of halogens is 2. The molecule has 0 bridgehead atoms. The molecule has 3 aromatic carbocycles. The van der Waals surface area contributed by atoms with E-state index in [-0.39, 0.29) is 11.9 Å². The second-order valence-corrected chi connectivity index (χ2v) is 14.9. The van der Waals surface area contributed by atoms with Crippen LogP contribution < -0.4 is 20.7 Å². The summed E-state index contributed by atoms with van der Waals surface area (Å²) in [7, 11) is 1.11. The van der Waals surface area contributed by atoms with Crippen molar-refractivity contribution < 1.29 is 18.1 Å². The van der Waals surface area contributed by atoms with Gasteiger partial charge in [0, 0.05) is 29.3 Å². The van der Waals surface area contributed by atoms with Gasteiger partial charge in [0.25, 0.3) is 0 Å². The molecule has 0 spiro atoms. The second kappa shape index (κ2) is 12.2. The number of thiophene rings is 1. The molecule has 0 amide bonds. The van der Waals surface area contributed by atoms with E-state index in [1.54, 1.807) is 50.0 Å². The first-order valence-electron chi connectivity index (χ1n) is 13.5. The number of nitrogens with one attached hydrogen (secondary N) is 2. The monoisotopic (exact) mass is 593 g/mol. The highest BCUT2D eigenvalue weighted by atomic mass is 32.1. The predicted octanol–water partition coefficient (Wildman–Crippen LogP) is 6.88. The van der Waals surface area contributed by atoms with Crippen LogP contribution in [0.15, 0.2) is 60.7 Å². The fourth-order valence-corrected chi connectivity index (χ4v) is 7.10. The van der Waals surface area contributed by atoms with E-state index in [1.165, 1.54) is 12.1 Å². The van der Waals surface area contributed by atoms with Crippen molar-refractivity contribution in [2.24, 2.45) is 0 Å². The number of benzene rings is 3. The van der Waals surface area contributed by atoms with Gasteiger partial charge < -0.3 is 24.8 Å². The average Bonchev–Trinajstić information content (AvgIpc) is 3.31. The summed E-state index contributed by atoms with van der Waals surface area (Å²) >= 11 is 1.55. The Kier molecular flexibility index (Phi) is 8.70. The van der Waals surface area contributed by atoms with Crippen LogP contribution in [0.1, 0.15) is 11.3 Å². The molecule has 0 radical (unpaired) electrons. The lowest BCUT2D eigenvalue weighted by molar-refractivity contribution is 0.149. The third-order valence-corrected chi connectivity index (χ3v) is 9.99. The maximum absolute atomic E-state index is 14.9. The van der Waals surface area contributed by atoms with Crippen molar-refractivity contribution in [1.82, 2.24) is 4.90 Å². The number of ether oxygens (including phenoxy) is 1. The summed E-state index contributed by atoms with van der Waals surface area (Å²) in [6, 6.07) is 17.7. The highest BCUT2D eigenvalue weighted by Gasteiger charge is 2.28. The summed E-state index contributed by atoms with van der Waals surface area (Å²) in [5.41, 5.74) is 3.45. The number of likely N-dealkylation sites (tertiary alicyclic amines) is 1. The predicted molar refractivity (Wildman–Crippen MR) is 169 cm³/mol. The van der Waals surface area contributed by atoms with E-state index in [1.807, 2.05) is 42.3 Å². The molecule has 2 atom stereocenters. The summed E-state index contributed by atoms with van der Waals surface area (Å²) in [5.74, 6) is 6.85. The minimum absolute atomic E-state index is 0.261. The lowest BCUT2D eigenvalue weighted by Gasteiger charge is -2.33. The topological polar surface area (TPSA) is 53.6 Å². The fourth-order valence-electron chi connectivity index (χ4n) is 5.07. The molecule has 5 nitrogen and oxygen atoms in total. The zero-order valence-electron chi connectivity index (χ0n) is 23.6. The van der Waals surface area contributed by atoms with Crippen LogP contribution in [0.25, 0.3) is 21.2 Å². The number of methoxy groups -OCH3 is 1. The Hall–Kier alpha value is -3.37. The zero-order valence-corrected chi connectivity index (χ0v) is 25.3. The van der Waals surface area contributed by atoms with Gasteiger partial charge in [-0.05, 0) is 68.8 Å². The summed E-state index contributed by atoms with van der Waals surface area (Å²) in [6.07, 6.45) is -0.236. The molecular formula is C32H34F2N3O2PS. The number of rotatable bonds is 7. The highest BCUT2D eigenvalue weighted by Crippen LogP contribution is 2.42. The van der Waals surface area contributed by atoms with Crippen molar-refractivity contribution in [3.63, 3.8) is 0 Å². The van der Waals surface area contributed by atoms with Crippen molar-refractivity contribution in [3.05, 3.63) is 71.4 Å². The van der Waals surface area contributed by atoms with Crippen molar-refractivity contribution in [1.29, 1.82) is 0 Å². The molecule has 9 heteroatoms. The number of alkyl halides is 1. The van der Waals surface area contributed by atoms with E-state index >= 15 is 0 Å². The van der Waals surface area contributed by atoms with Gasteiger partial charge in [-0.1, -0.05) is 36.1 Å². The second-order valence-electron chi connectivity index (χ2n) is 10.7. The van der Waals surface area contributed by atoms with Crippen LogP contribution in [0.5, 0.6) is 5.75 Å². The molecule has 41 heavy (non-hydrogen) atoms. The van der Waals surface area contributed by atoms with Crippen LogP contribution in [0, 0.1) is 17.7 Å². The van der Waals surface area contributed by atoms with Gasteiger partial charge in [-0.15, -0.1) is 11.3 Å². The van der Waals surface area contributed by atoms with Gasteiger partial charge in [0.1, 0.15) is 24.9 Å². The Morgan fingerprint density at radius 3 is 2.61 bits per heavy atom. The number of anilines is 2. The van der Waals surface area contributed by atoms with Crippen molar-refractivity contribution in [2.45, 2.75) is 18.6 Å². The number of nitrogens with zero attached hydrogens (tertiary/aromatic N) is 1. The van der Waals surface area contributed by atoms with Crippen molar-refractivity contribution >= 4 is 45.2 Å². The SMILES string of the molecule is COc1cc(P(C)(C)=O)ccc1NCC#Cc1sc2c(N[C@H]3CCN(C)C[C@@H]3F)cccc2c1-c1ccc(F)cc1. The Morgan fingerprint density at radius 1 is 1.12 bits per heavy atom. The molecule has 2 N–H and O–H groups in total. The third-order valence-electron chi connectivity index (χ3n) is 7.31. The zero-order chi connectivity index (χ0) is 29.1. The Morgan fingerprint density at radius 2 is 1.90 bits per heavy atom. The minimum Gasteiger partial charge on any atom is -0.495 e. The Bertz CT molecular complexity index is 1660. The Balaban J connectivity index is 1.46. The van der Waals surface area contributed by atoms with Gasteiger partial charge in [0.15, 0.2) is 0 Å². The standard InChI is InChI=1S/C32H34F2N3O2PS/c1-37-18-16-26(25(34)20-37)36-28-8-5-7-24-31(21-10-12-22(33)13-11-21)30(41-32(24)28)9-6-17-35-27-15-14-23(40(3,4)38)19-29(27)39-2/h5,7-8,10-15,19,25-26,35-36H,16-18,20H2,1-4H3/t25-,26-/m0/s1. The first-order valence-corrected chi connectivity index (χ1v) is 16.9. The smallest absolute Gasteiger partial charge is 0.142 e. The van der Waals surface area contributed by atoms with Crippen LogP contribution in [-0.2, 0) is 4.57 Å². The Labute approximate surface area is 244 Å². The number of hydrogen-bond acceptors (Lipinski definition) is 6. The molecule has 214 valence electrons. The van der Waals surface area contributed by atoms with Crippen LogP contribution in [0.2, 0.25) is 0 Å². The molecule has 5 rings (SSSR count). The fraction of sp³-hybridized carbons (Fsp3) is 0.312.